The average Bonchev–Trinajstić information content (AvgIpc) is 2.91. The van der Waals surface area contributed by atoms with Gasteiger partial charge in [0.1, 0.15) is 0 Å². The first-order chi connectivity index (χ1) is 13.5. The summed E-state index contributed by atoms with van der Waals surface area (Å²) >= 11 is 0. The van der Waals surface area contributed by atoms with E-state index in [4.69, 9.17) is 0 Å². The molecule has 0 atom stereocenters. The van der Waals surface area contributed by atoms with E-state index in [9.17, 15) is 14.4 Å². The number of hydrogen-bond donors (Lipinski definition) is 1. The van der Waals surface area contributed by atoms with E-state index in [0.29, 0.717) is 22.0 Å². The fourth-order valence-corrected chi connectivity index (χ4v) is 3.52. The van der Waals surface area contributed by atoms with Gasteiger partial charge in [-0.25, -0.2) is 4.68 Å². The maximum atomic E-state index is 13.0. The molecular weight excluding hydrogens is 354 g/mol. The second-order valence-corrected chi connectivity index (χ2v) is 6.73. The van der Waals surface area contributed by atoms with Gasteiger partial charge in [0, 0.05) is 47.3 Å². The second kappa shape index (κ2) is 6.81. The van der Waals surface area contributed by atoms with Gasteiger partial charge in [-0.1, -0.05) is 36.4 Å². The molecule has 0 unspecified atom stereocenters. The Bertz CT molecular complexity index is 1310. The Labute approximate surface area is 160 Å². The van der Waals surface area contributed by atoms with Crippen molar-refractivity contribution in [2.75, 3.05) is 0 Å². The lowest BCUT2D eigenvalue weighted by atomic mass is 10.00. The molecule has 0 saturated carbocycles. The van der Waals surface area contributed by atoms with Crippen LogP contribution in [0.25, 0.3) is 16.6 Å². The highest BCUT2D eigenvalue weighted by atomic mass is 16.1. The fourth-order valence-electron chi connectivity index (χ4n) is 3.52. The average molecular weight is 373 g/mol. The molecule has 6 heteroatoms. The van der Waals surface area contributed by atoms with Crippen LogP contribution in [0.15, 0.2) is 70.3 Å². The highest BCUT2D eigenvalue weighted by Gasteiger charge is 2.20. The SMILES string of the molecule is Cc1c(CC(=O)c2cc(=O)[nH]c3ccccc23)c(=O)n(-c2ccccc2)n1C. The van der Waals surface area contributed by atoms with Crippen LogP contribution in [0.4, 0.5) is 0 Å². The maximum absolute atomic E-state index is 13.0. The number of aromatic nitrogens is 3. The Kier molecular flexibility index (Phi) is 4.31. The van der Waals surface area contributed by atoms with Crippen LogP contribution in [0.5, 0.6) is 0 Å². The summed E-state index contributed by atoms with van der Waals surface area (Å²) < 4.78 is 3.30. The number of Topliss-reactive ketones (excluding diaryl/α,β-unsaturated/α-hetero) is 1. The fraction of sp³-hybridized carbons (Fsp3) is 0.136. The molecule has 4 rings (SSSR count). The van der Waals surface area contributed by atoms with Gasteiger partial charge in [0.05, 0.1) is 5.69 Å². The molecule has 0 aliphatic heterocycles. The number of benzene rings is 2. The van der Waals surface area contributed by atoms with Gasteiger partial charge in [-0.2, -0.15) is 0 Å². The molecule has 0 aliphatic rings. The quantitative estimate of drug-likeness (QED) is 0.559. The number of H-pyrrole nitrogens is 1. The number of carbonyl (C=O) groups excluding carboxylic acids is 1. The standard InChI is InChI=1S/C22H19N3O3/c1-14-17(22(28)25(24(14)2)15-8-4-3-5-9-15)12-20(26)18-13-21(27)23-19-11-7-6-10-16(18)19/h3-11,13H,12H2,1-2H3,(H,23,27). The lowest BCUT2D eigenvalue weighted by molar-refractivity contribution is 0.0994. The molecule has 0 fully saturated rings. The number of aromatic amines is 1. The molecule has 0 saturated heterocycles. The minimum absolute atomic E-state index is 0.0637. The van der Waals surface area contributed by atoms with Crippen LogP contribution in [0.2, 0.25) is 0 Å². The zero-order chi connectivity index (χ0) is 19.8. The van der Waals surface area contributed by atoms with E-state index >= 15 is 0 Å². The molecule has 6 nitrogen and oxygen atoms in total. The Balaban J connectivity index is 1.80. The van der Waals surface area contributed by atoms with Crippen molar-refractivity contribution in [3.05, 3.63) is 98.2 Å². The zero-order valence-corrected chi connectivity index (χ0v) is 15.6. The number of hydrogen-bond acceptors (Lipinski definition) is 3. The number of nitrogens with one attached hydrogen (secondary N) is 1. The summed E-state index contributed by atoms with van der Waals surface area (Å²) in [6, 6.07) is 17.7. The van der Waals surface area contributed by atoms with Gasteiger partial charge >= 0.3 is 0 Å². The van der Waals surface area contributed by atoms with Gasteiger partial charge in [0.15, 0.2) is 5.78 Å². The predicted molar refractivity (Wildman–Crippen MR) is 108 cm³/mol. The number of para-hydroxylation sites is 2. The van der Waals surface area contributed by atoms with Crippen molar-refractivity contribution in [1.82, 2.24) is 14.3 Å². The molecular formula is C22H19N3O3. The molecule has 2 aromatic heterocycles. The molecule has 1 N–H and O–H groups in total. The molecule has 4 aromatic rings. The van der Waals surface area contributed by atoms with E-state index in [2.05, 4.69) is 4.98 Å². The molecule has 0 spiro atoms. The molecule has 0 bridgehead atoms. The normalized spacial score (nSPS) is 11.1. The van der Waals surface area contributed by atoms with E-state index in [1.807, 2.05) is 43.3 Å². The summed E-state index contributed by atoms with van der Waals surface area (Å²) in [5.41, 5.74) is 2.25. The van der Waals surface area contributed by atoms with Crippen molar-refractivity contribution in [2.45, 2.75) is 13.3 Å². The lowest BCUT2D eigenvalue weighted by Crippen LogP contribution is -2.22. The van der Waals surface area contributed by atoms with Gasteiger partial charge in [0.2, 0.25) is 5.56 Å². The first kappa shape index (κ1) is 17.7. The van der Waals surface area contributed by atoms with Crippen molar-refractivity contribution in [2.24, 2.45) is 7.05 Å². The Morgan fingerprint density at radius 3 is 2.43 bits per heavy atom. The van der Waals surface area contributed by atoms with Crippen LogP contribution < -0.4 is 11.1 Å². The molecule has 28 heavy (non-hydrogen) atoms. The largest absolute Gasteiger partial charge is 0.322 e. The molecule has 2 aromatic carbocycles. The molecule has 0 radical (unpaired) electrons. The monoisotopic (exact) mass is 373 g/mol. The highest BCUT2D eigenvalue weighted by Crippen LogP contribution is 2.18. The Morgan fingerprint density at radius 1 is 1.00 bits per heavy atom. The smallest absolute Gasteiger partial charge is 0.275 e. The van der Waals surface area contributed by atoms with E-state index in [-0.39, 0.29) is 23.3 Å². The highest BCUT2D eigenvalue weighted by molar-refractivity contribution is 6.07. The third kappa shape index (κ3) is 2.89. The number of rotatable bonds is 4. The van der Waals surface area contributed by atoms with Crippen molar-refractivity contribution in [3.63, 3.8) is 0 Å². The van der Waals surface area contributed by atoms with Crippen molar-refractivity contribution >= 4 is 16.7 Å². The van der Waals surface area contributed by atoms with E-state index < -0.39 is 0 Å². The van der Waals surface area contributed by atoms with Crippen LogP contribution in [0, 0.1) is 6.92 Å². The predicted octanol–water partition coefficient (Wildman–Crippen LogP) is 2.75. The number of pyridine rings is 1. The number of fused-ring (bicyclic) bond motifs is 1. The Hall–Kier alpha value is -3.67. The summed E-state index contributed by atoms with van der Waals surface area (Å²) in [5, 5.41) is 0.670. The van der Waals surface area contributed by atoms with Gasteiger partial charge < -0.3 is 4.98 Å². The van der Waals surface area contributed by atoms with Crippen molar-refractivity contribution in [1.29, 1.82) is 0 Å². The van der Waals surface area contributed by atoms with Crippen LogP contribution in [0.1, 0.15) is 21.6 Å². The third-order valence-corrected chi connectivity index (χ3v) is 5.06. The van der Waals surface area contributed by atoms with E-state index in [0.717, 1.165) is 11.4 Å². The first-order valence-corrected chi connectivity index (χ1v) is 8.95. The molecule has 0 amide bonds. The minimum atomic E-state index is -0.339. The molecule has 2 heterocycles. The van der Waals surface area contributed by atoms with Gasteiger partial charge in [-0.15, -0.1) is 0 Å². The summed E-state index contributed by atoms with van der Waals surface area (Å²) in [4.78, 5) is 40.8. The molecule has 140 valence electrons. The van der Waals surface area contributed by atoms with Crippen LogP contribution in [-0.4, -0.2) is 20.1 Å². The summed E-state index contributed by atoms with van der Waals surface area (Å²) in [5.74, 6) is -0.256. The maximum Gasteiger partial charge on any atom is 0.275 e. The topological polar surface area (TPSA) is 76.9 Å². The van der Waals surface area contributed by atoms with Crippen molar-refractivity contribution < 1.29 is 4.79 Å². The summed E-state index contributed by atoms with van der Waals surface area (Å²) in [6.45, 7) is 1.82. The minimum Gasteiger partial charge on any atom is -0.322 e. The van der Waals surface area contributed by atoms with Gasteiger partial charge in [-0.05, 0) is 25.1 Å². The first-order valence-electron chi connectivity index (χ1n) is 8.95. The van der Waals surface area contributed by atoms with Crippen molar-refractivity contribution in [3.8, 4) is 5.69 Å². The van der Waals surface area contributed by atoms with Crippen LogP contribution in [-0.2, 0) is 13.5 Å². The summed E-state index contributed by atoms with van der Waals surface area (Å²) in [7, 11) is 1.79. The zero-order valence-electron chi connectivity index (χ0n) is 15.6. The lowest BCUT2D eigenvalue weighted by Gasteiger charge is -2.07. The third-order valence-electron chi connectivity index (χ3n) is 5.06. The van der Waals surface area contributed by atoms with Crippen LogP contribution >= 0.6 is 0 Å². The number of carbonyl (C=O) groups is 1. The van der Waals surface area contributed by atoms with Gasteiger partial charge in [0.25, 0.3) is 5.56 Å². The second-order valence-electron chi connectivity index (χ2n) is 6.73. The molecule has 0 aliphatic carbocycles. The number of ketones is 1. The van der Waals surface area contributed by atoms with Gasteiger partial charge in [-0.3, -0.25) is 19.1 Å². The van der Waals surface area contributed by atoms with E-state index in [1.165, 1.54) is 6.07 Å². The number of nitrogens with zero attached hydrogens (tertiary/aromatic N) is 2. The summed E-state index contributed by atoms with van der Waals surface area (Å²) in [6.07, 6.45) is -0.0637. The van der Waals surface area contributed by atoms with Crippen LogP contribution in [0.3, 0.4) is 0 Å². The van der Waals surface area contributed by atoms with E-state index in [1.54, 1.807) is 34.6 Å². The Morgan fingerprint density at radius 2 is 1.68 bits per heavy atom.